The van der Waals surface area contributed by atoms with E-state index in [1.165, 1.54) is 30.6 Å². The highest BCUT2D eigenvalue weighted by atomic mass is 35.5. The molecule has 0 unspecified atom stereocenters. The Morgan fingerprint density at radius 2 is 1.97 bits per heavy atom. The van der Waals surface area contributed by atoms with Crippen LogP contribution in [0.4, 0.5) is 0 Å². The predicted octanol–water partition coefficient (Wildman–Crippen LogP) is 2.42. The van der Waals surface area contributed by atoms with E-state index in [9.17, 15) is 18.0 Å². The number of benzene rings is 1. The molecule has 0 bridgehead atoms. The number of carbonyl (C=O) groups excluding carboxylic acids is 2. The molecule has 164 valence electrons. The summed E-state index contributed by atoms with van der Waals surface area (Å²) < 4.78 is 32.5. The van der Waals surface area contributed by atoms with Crippen molar-refractivity contribution in [3.05, 3.63) is 40.6 Å². The summed E-state index contributed by atoms with van der Waals surface area (Å²) in [7, 11) is -2.55. The summed E-state index contributed by atoms with van der Waals surface area (Å²) in [5.74, 6) is -0.999. The molecular formula is C19H23Cl2N3O5S. The highest BCUT2D eigenvalue weighted by Gasteiger charge is 2.38. The molecule has 2 N–H and O–H groups in total. The minimum Gasteiger partial charge on any atom is -0.381 e. The molecule has 8 nitrogen and oxygen atoms in total. The summed E-state index contributed by atoms with van der Waals surface area (Å²) in [6, 6.07) is 2.94. The molecule has 1 aromatic carbocycles. The van der Waals surface area contributed by atoms with Crippen molar-refractivity contribution in [3.8, 4) is 0 Å². The molecule has 1 atom stereocenters. The lowest BCUT2D eigenvalue weighted by atomic mass is 9.93. The molecular weight excluding hydrogens is 453 g/mol. The van der Waals surface area contributed by atoms with E-state index >= 15 is 0 Å². The molecule has 2 aliphatic rings. The first-order valence-corrected chi connectivity index (χ1v) is 11.7. The number of methoxy groups -OCH3 is 1. The van der Waals surface area contributed by atoms with Crippen LogP contribution in [0.2, 0.25) is 10.0 Å². The first kappa shape index (κ1) is 22.9. The van der Waals surface area contributed by atoms with Gasteiger partial charge in [0.15, 0.2) is 0 Å². The van der Waals surface area contributed by atoms with Gasteiger partial charge in [0.05, 0.1) is 22.6 Å². The van der Waals surface area contributed by atoms with Gasteiger partial charge in [0.1, 0.15) is 10.9 Å². The van der Waals surface area contributed by atoms with Crippen LogP contribution >= 0.6 is 23.2 Å². The summed E-state index contributed by atoms with van der Waals surface area (Å²) in [5.41, 5.74) is 0. The summed E-state index contributed by atoms with van der Waals surface area (Å²) in [6.45, 7) is 0. The fourth-order valence-electron chi connectivity index (χ4n) is 3.64. The summed E-state index contributed by atoms with van der Waals surface area (Å²) in [6.07, 6.45) is 5.48. The van der Waals surface area contributed by atoms with Crippen molar-refractivity contribution >= 4 is 45.0 Å². The van der Waals surface area contributed by atoms with Gasteiger partial charge in [0.2, 0.25) is 11.8 Å². The average molecular weight is 476 g/mol. The molecule has 2 amide bonds. The Morgan fingerprint density at radius 3 is 2.63 bits per heavy atom. The molecule has 11 heteroatoms. The molecule has 1 heterocycles. The molecule has 30 heavy (non-hydrogen) atoms. The third-order valence-corrected chi connectivity index (χ3v) is 8.04. The first-order chi connectivity index (χ1) is 14.2. The number of rotatable bonds is 6. The van der Waals surface area contributed by atoms with Gasteiger partial charge in [-0.1, -0.05) is 29.3 Å². The quantitative estimate of drug-likeness (QED) is 0.656. The van der Waals surface area contributed by atoms with Crippen LogP contribution in [0.5, 0.6) is 0 Å². The number of carbonyl (C=O) groups is 2. The largest absolute Gasteiger partial charge is 0.381 e. The van der Waals surface area contributed by atoms with Crippen molar-refractivity contribution in [1.82, 2.24) is 14.9 Å². The third-order valence-electron chi connectivity index (χ3n) is 5.28. The van der Waals surface area contributed by atoms with E-state index in [0.717, 1.165) is 30.0 Å². The van der Waals surface area contributed by atoms with Crippen LogP contribution in [0, 0.1) is 0 Å². The molecule has 1 fully saturated rings. The Kier molecular flexibility index (Phi) is 7.28. The third kappa shape index (κ3) is 4.91. The lowest BCUT2D eigenvalue weighted by Gasteiger charge is -2.32. The molecule has 1 saturated carbocycles. The van der Waals surface area contributed by atoms with Crippen molar-refractivity contribution in [2.45, 2.75) is 55.2 Å². The van der Waals surface area contributed by atoms with Crippen LogP contribution in [0.1, 0.15) is 32.1 Å². The second-order valence-corrected chi connectivity index (χ2v) is 9.80. The smallest absolute Gasteiger partial charge is 0.266 e. The normalized spacial score (nSPS) is 24.4. The average Bonchev–Trinajstić information content (AvgIpc) is 2.71. The molecule has 0 saturated heterocycles. The van der Waals surface area contributed by atoms with Crippen molar-refractivity contribution in [2.75, 3.05) is 7.11 Å². The summed E-state index contributed by atoms with van der Waals surface area (Å²) in [5, 5.41) is 5.28. The van der Waals surface area contributed by atoms with Gasteiger partial charge in [-0.15, -0.1) is 0 Å². The minimum atomic E-state index is -4.21. The van der Waals surface area contributed by atoms with Gasteiger partial charge in [-0.2, -0.15) is 0 Å². The lowest BCUT2D eigenvalue weighted by Crippen LogP contribution is -2.52. The zero-order valence-corrected chi connectivity index (χ0v) is 18.6. The molecule has 0 radical (unpaired) electrons. The fraction of sp³-hybridized carbons (Fsp3) is 0.474. The Morgan fingerprint density at radius 1 is 1.27 bits per heavy atom. The SMILES string of the molecule is COC1CCC(NC(=O)C[C@@H]2C(=O)NC=CN2S(=O)(=O)c2cccc(Cl)c2Cl)CC1. The fourth-order valence-corrected chi connectivity index (χ4v) is 5.83. The predicted molar refractivity (Wildman–Crippen MR) is 112 cm³/mol. The molecule has 0 spiro atoms. The van der Waals surface area contributed by atoms with Crippen LogP contribution in [0.3, 0.4) is 0 Å². The van der Waals surface area contributed by atoms with Crippen LogP contribution in [0.25, 0.3) is 0 Å². The maximum atomic E-state index is 13.2. The standard InChI is InChI=1S/C19H23Cl2N3O5S/c1-29-13-7-5-12(6-8-13)23-17(25)11-15-19(26)22-9-10-24(15)30(27,28)16-4-2-3-14(20)18(16)21/h2-4,9-10,12-13,15H,5-8,11H2,1H3,(H,22,26)(H,23,25)/t12?,13?,15-/m1/s1. The van der Waals surface area contributed by atoms with Crippen LogP contribution in [-0.2, 0) is 24.3 Å². The summed E-state index contributed by atoms with van der Waals surface area (Å²) in [4.78, 5) is 24.8. The minimum absolute atomic E-state index is 0.0291. The van der Waals surface area contributed by atoms with Crippen molar-refractivity contribution in [3.63, 3.8) is 0 Å². The van der Waals surface area contributed by atoms with Crippen LogP contribution < -0.4 is 10.6 Å². The zero-order valence-electron chi connectivity index (χ0n) is 16.3. The van der Waals surface area contributed by atoms with Gasteiger partial charge in [0, 0.05) is 25.6 Å². The van der Waals surface area contributed by atoms with Crippen LogP contribution in [0.15, 0.2) is 35.5 Å². The number of amides is 2. The highest BCUT2D eigenvalue weighted by Crippen LogP contribution is 2.32. The van der Waals surface area contributed by atoms with Crippen LogP contribution in [-0.4, -0.2) is 49.8 Å². The maximum absolute atomic E-state index is 13.2. The number of ether oxygens (including phenoxy) is 1. The number of halogens is 2. The molecule has 1 aromatic rings. The van der Waals surface area contributed by atoms with Gasteiger partial charge in [-0.3, -0.25) is 13.9 Å². The number of nitrogens with zero attached hydrogens (tertiary/aromatic N) is 1. The Bertz CT molecular complexity index is 945. The second kappa shape index (κ2) is 9.55. The second-order valence-electron chi connectivity index (χ2n) is 7.21. The first-order valence-electron chi connectivity index (χ1n) is 9.50. The Hall–Kier alpha value is -1.81. The van der Waals surface area contributed by atoms with E-state index in [4.69, 9.17) is 27.9 Å². The molecule has 1 aliphatic heterocycles. The van der Waals surface area contributed by atoms with E-state index < -0.39 is 27.9 Å². The number of nitrogens with one attached hydrogen (secondary N) is 2. The van der Waals surface area contributed by atoms with E-state index in [2.05, 4.69) is 10.6 Å². The van der Waals surface area contributed by atoms with Gasteiger partial charge < -0.3 is 15.4 Å². The zero-order chi connectivity index (χ0) is 21.9. The lowest BCUT2D eigenvalue weighted by molar-refractivity contribution is -0.130. The number of sulfonamides is 1. The maximum Gasteiger partial charge on any atom is 0.266 e. The van der Waals surface area contributed by atoms with Crippen molar-refractivity contribution in [2.24, 2.45) is 0 Å². The van der Waals surface area contributed by atoms with E-state index in [1.807, 2.05) is 0 Å². The summed E-state index contributed by atoms with van der Waals surface area (Å²) >= 11 is 12.0. The van der Waals surface area contributed by atoms with Crippen molar-refractivity contribution in [1.29, 1.82) is 0 Å². The Balaban J connectivity index is 1.76. The van der Waals surface area contributed by atoms with Crippen molar-refractivity contribution < 1.29 is 22.7 Å². The topological polar surface area (TPSA) is 105 Å². The van der Waals surface area contributed by atoms with E-state index in [0.29, 0.717) is 0 Å². The highest BCUT2D eigenvalue weighted by molar-refractivity contribution is 7.89. The van der Waals surface area contributed by atoms with Gasteiger partial charge in [-0.25, -0.2) is 8.42 Å². The van der Waals surface area contributed by atoms with Gasteiger partial charge in [-0.05, 0) is 37.8 Å². The van der Waals surface area contributed by atoms with Gasteiger partial charge in [0.25, 0.3) is 10.0 Å². The molecule has 3 rings (SSSR count). The number of hydrogen-bond acceptors (Lipinski definition) is 5. The molecule has 0 aromatic heterocycles. The number of hydrogen-bond donors (Lipinski definition) is 2. The Labute approximate surface area is 185 Å². The van der Waals surface area contributed by atoms with E-state index in [-0.39, 0.29) is 33.5 Å². The van der Waals surface area contributed by atoms with Gasteiger partial charge >= 0.3 is 0 Å². The van der Waals surface area contributed by atoms with E-state index in [1.54, 1.807) is 7.11 Å². The molecule has 1 aliphatic carbocycles. The monoisotopic (exact) mass is 475 g/mol.